The third-order valence-electron chi connectivity index (χ3n) is 4.06. The Morgan fingerprint density at radius 2 is 2.12 bits per heavy atom. The fourth-order valence-corrected chi connectivity index (χ4v) is 2.74. The average Bonchev–Trinajstić information content (AvgIpc) is 2.52. The van der Waals surface area contributed by atoms with E-state index in [9.17, 15) is 18.0 Å². The highest BCUT2D eigenvalue weighted by molar-refractivity contribution is 5.92. The van der Waals surface area contributed by atoms with Crippen LogP contribution in [0.4, 0.5) is 13.2 Å². The Balaban J connectivity index is 2.06. The van der Waals surface area contributed by atoms with E-state index in [1.165, 1.54) is 30.4 Å². The van der Waals surface area contributed by atoms with E-state index in [0.717, 1.165) is 12.8 Å². The van der Waals surface area contributed by atoms with E-state index < -0.39 is 6.36 Å². The third-order valence-corrected chi connectivity index (χ3v) is 4.06. The molecule has 24 heavy (non-hydrogen) atoms. The topological polar surface area (TPSA) is 55.6 Å². The number of alkyl halides is 3. The SMILES string of the molecule is CC(N)C1CCCN(C(=O)/C=C/c2ccccc2OC(F)(F)F)C1. The number of benzene rings is 1. The van der Waals surface area contributed by atoms with Crippen molar-refractivity contribution in [2.24, 2.45) is 11.7 Å². The minimum absolute atomic E-state index is 0.00508. The second-order valence-corrected chi connectivity index (χ2v) is 5.96. The number of halogens is 3. The molecule has 1 heterocycles. The van der Waals surface area contributed by atoms with Gasteiger partial charge in [0.1, 0.15) is 5.75 Å². The number of ether oxygens (including phenoxy) is 1. The summed E-state index contributed by atoms with van der Waals surface area (Å²) >= 11 is 0. The lowest BCUT2D eigenvalue weighted by atomic mass is 9.92. The summed E-state index contributed by atoms with van der Waals surface area (Å²) in [6, 6.07) is 5.71. The molecular weight excluding hydrogens is 321 g/mol. The molecule has 2 rings (SSSR count). The Bertz CT molecular complexity index is 600. The minimum Gasteiger partial charge on any atom is -0.405 e. The molecule has 0 saturated carbocycles. The van der Waals surface area contributed by atoms with Gasteiger partial charge in [-0.05, 0) is 37.8 Å². The maximum Gasteiger partial charge on any atom is 0.573 e. The van der Waals surface area contributed by atoms with Crippen LogP contribution in [0.3, 0.4) is 0 Å². The molecule has 1 aliphatic heterocycles. The van der Waals surface area contributed by atoms with E-state index in [4.69, 9.17) is 5.73 Å². The van der Waals surface area contributed by atoms with Crippen LogP contribution >= 0.6 is 0 Å². The first-order chi connectivity index (χ1) is 11.3. The van der Waals surface area contributed by atoms with Crippen molar-refractivity contribution < 1.29 is 22.7 Å². The van der Waals surface area contributed by atoms with Gasteiger partial charge in [-0.1, -0.05) is 18.2 Å². The zero-order valence-corrected chi connectivity index (χ0v) is 13.4. The van der Waals surface area contributed by atoms with Gasteiger partial charge in [0.25, 0.3) is 0 Å². The maximum atomic E-state index is 12.4. The predicted octanol–water partition coefficient (Wildman–Crippen LogP) is 3.18. The summed E-state index contributed by atoms with van der Waals surface area (Å²) in [5, 5.41) is 0. The summed E-state index contributed by atoms with van der Waals surface area (Å²) < 4.78 is 41.2. The highest BCUT2D eigenvalue weighted by atomic mass is 19.4. The lowest BCUT2D eigenvalue weighted by Crippen LogP contribution is -2.44. The van der Waals surface area contributed by atoms with E-state index in [-0.39, 0.29) is 29.2 Å². The molecule has 0 aromatic heterocycles. The van der Waals surface area contributed by atoms with Crippen LogP contribution < -0.4 is 10.5 Å². The Labute approximate surface area is 139 Å². The molecule has 1 aliphatic rings. The highest BCUT2D eigenvalue weighted by Crippen LogP contribution is 2.27. The van der Waals surface area contributed by atoms with Gasteiger partial charge < -0.3 is 15.4 Å². The second-order valence-electron chi connectivity index (χ2n) is 5.96. The molecule has 0 spiro atoms. The van der Waals surface area contributed by atoms with Crippen molar-refractivity contribution in [1.29, 1.82) is 0 Å². The lowest BCUT2D eigenvalue weighted by Gasteiger charge is -2.34. The Morgan fingerprint density at radius 3 is 2.79 bits per heavy atom. The smallest absolute Gasteiger partial charge is 0.405 e. The number of hydrogen-bond donors (Lipinski definition) is 1. The molecule has 1 saturated heterocycles. The summed E-state index contributed by atoms with van der Waals surface area (Å²) in [6.07, 6.45) is -0.292. The van der Waals surface area contributed by atoms with Crippen LogP contribution in [0.5, 0.6) is 5.75 Å². The normalized spacial score (nSPS) is 20.2. The minimum atomic E-state index is -4.77. The quantitative estimate of drug-likeness (QED) is 0.855. The van der Waals surface area contributed by atoms with Crippen molar-refractivity contribution in [1.82, 2.24) is 4.90 Å². The zero-order chi connectivity index (χ0) is 17.7. The summed E-state index contributed by atoms with van der Waals surface area (Å²) in [6.45, 7) is 3.12. The van der Waals surface area contributed by atoms with Gasteiger partial charge in [-0.3, -0.25) is 4.79 Å². The molecule has 0 aliphatic carbocycles. The third kappa shape index (κ3) is 5.26. The van der Waals surface area contributed by atoms with Crippen LogP contribution in [0.1, 0.15) is 25.3 Å². The number of carbonyl (C=O) groups excluding carboxylic acids is 1. The monoisotopic (exact) mass is 342 g/mol. The molecule has 2 N–H and O–H groups in total. The number of rotatable bonds is 4. The molecule has 4 nitrogen and oxygen atoms in total. The van der Waals surface area contributed by atoms with Crippen molar-refractivity contribution in [3.63, 3.8) is 0 Å². The van der Waals surface area contributed by atoms with E-state index in [2.05, 4.69) is 4.74 Å². The molecule has 0 radical (unpaired) electrons. The molecule has 1 aromatic rings. The Morgan fingerprint density at radius 1 is 1.42 bits per heavy atom. The van der Waals surface area contributed by atoms with Crippen LogP contribution in [-0.4, -0.2) is 36.3 Å². The van der Waals surface area contributed by atoms with E-state index in [1.807, 2.05) is 6.92 Å². The fourth-order valence-electron chi connectivity index (χ4n) is 2.74. The number of hydrogen-bond acceptors (Lipinski definition) is 3. The molecule has 1 amide bonds. The van der Waals surface area contributed by atoms with Crippen LogP contribution in [0, 0.1) is 5.92 Å². The highest BCUT2D eigenvalue weighted by Gasteiger charge is 2.31. The number of nitrogens with zero attached hydrogens (tertiary/aromatic N) is 1. The average molecular weight is 342 g/mol. The van der Waals surface area contributed by atoms with E-state index in [0.29, 0.717) is 13.1 Å². The number of piperidine rings is 1. The molecule has 2 atom stereocenters. The van der Waals surface area contributed by atoms with Gasteiger partial charge in [0, 0.05) is 30.8 Å². The first-order valence-electron chi connectivity index (χ1n) is 7.83. The number of carbonyl (C=O) groups is 1. The van der Waals surface area contributed by atoms with Crippen LogP contribution in [0.15, 0.2) is 30.3 Å². The summed E-state index contributed by atoms with van der Waals surface area (Å²) in [4.78, 5) is 14.0. The van der Waals surface area contributed by atoms with Gasteiger partial charge in [0.05, 0.1) is 0 Å². The van der Waals surface area contributed by atoms with E-state index in [1.54, 1.807) is 11.0 Å². The molecule has 1 fully saturated rings. The predicted molar refractivity (Wildman–Crippen MR) is 85.1 cm³/mol. The Hall–Kier alpha value is -2.02. The van der Waals surface area contributed by atoms with Crippen LogP contribution in [0.25, 0.3) is 6.08 Å². The summed E-state index contributed by atoms with van der Waals surface area (Å²) in [5.41, 5.74) is 6.09. The molecule has 1 aromatic carbocycles. The molecular formula is C17H21F3N2O2. The molecule has 7 heteroatoms. The summed E-state index contributed by atoms with van der Waals surface area (Å²) in [5.74, 6) is -0.319. The summed E-state index contributed by atoms with van der Waals surface area (Å²) in [7, 11) is 0. The standard InChI is InChI=1S/C17H21F3N2O2/c1-12(21)14-6-4-10-22(11-14)16(23)9-8-13-5-2-3-7-15(13)24-17(18,19)20/h2-3,5,7-9,12,14H,4,6,10-11,21H2,1H3/b9-8+. The second kappa shape index (κ2) is 7.70. The number of likely N-dealkylation sites (tertiary alicyclic amines) is 1. The van der Waals surface area contributed by atoms with Crippen molar-refractivity contribution in [2.75, 3.05) is 13.1 Å². The number of para-hydroxylation sites is 1. The van der Waals surface area contributed by atoms with Gasteiger partial charge in [0.2, 0.25) is 5.91 Å². The first kappa shape index (κ1) is 18.3. The lowest BCUT2D eigenvalue weighted by molar-refractivity contribution is -0.274. The maximum absolute atomic E-state index is 12.4. The molecule has 0 bridgehead atoms. The van der Waals surface area contributed by atoms with Crippen molar-refractivity contribution >= 4 is 12.0 Å². The zero-order valence-electron chi connectivity index (χ0n) is 13.4. The fraction of sp³-hybridized carbons (Fsp3) is 0.471. The number of nitrogens with two attached hydrogens (primary N) is 1. The Kier molecular flexibility index (Phi) is 5.88. The largest absolute Gasteiger partial charge is 0.573 e. The van der Waals surface area contributed by atoms with Crippen LogP contribution in [0.2, 0.25) is 0 Å². The van der Waals surface area contributed by atoms with Crippen molar-refractivity contribution in [2.45, 2.75) is 32.2 Å². The van der Waals surface area contributed by atoms with Crippen molar-refractivity contribution in [3.8, 4) is 5.75 Å². The van der Waals surface area contributed by atoms with Gasteiger partial charge in [0.15, 0.2) is 0 Å². The first-order valence-corrected chi connectivity index (χ1v) is 7.83. The van der Waals surface area contributed by atoms with E-state index >= 15 is 0 Å². The van der Waals surface area contributed by atoms with Gasteiger partial charge in [-0.15, -0.1) is 13.2 Å². The van der Waals surface area contributed by atoms with Gasteiger partial charge in [-0.25, -0.2) is 0 Å². The molecule has 2 unspecified atom stereocenters. The molecule has 132 valence electrons. The van der Waals surface area contributed by atoms with Gasteiger partial charge in [-0.2, -0.15) is 0 Å². The number of amides is 1. The van der Waals surface area contributed by atoms with Gasteiger partial charge >= 0.3 is 6.36 Å². The van der Waals surface area contributed by atoms with Crippen LogP contribution in [-0.2, 0) is 4.79 Å². The van der Waals surface area contributed by atoms with Crippen molar-refractivity contribution in [3.05, 3.63) is 35.9 Å².